The Morgan fingerprint density at radius 3 is 2.53 bits per heavy atom. The molecule has 0 aromatic rings. The predicted octanol–water partition coefficient (Wildman–Crippen LogP) is 2.00. The first-order valence-corrected chi connectivity index (χ1v) is 6.97. The van der Waals surface area contributed by atoms with Crippen LogP contribution < -0.4 is 0 Å². The van der Waals surface area contributed by atoms with Gasteiger partial charge in [0.05, 0.1) is 23.9 Å². The van der Waals surface area contributed by atoms with Crippen LogP contribution in [-0.4, -0.2) is 22.9 Å². The van der Waals surface area contributed by atoms with Crippen molar-refractivity contribution in [1.82, 2.24) is 0 Å². The second kappa shape index (κ2) is 3.05. The molecule has 4 rings (SSSR count). The van der Waals surface area contributed by atoms with E-state index in [9.17, 15) is 10.4 Å². The van der Waals surface area contributed by atoms with Gasteiger partial charge < -0.3 is 9.84 Å². The fourth-order valence-corrected chi connectivity index (χ4v) is 5.23. The summed E-state index contributed by atoms with van der Waals surface area (Å²) in [5, 5.41) is 20.9. The van der Waals surface area contributed by atoms with Crippen molar-refractivity contribution in [2.24, 2.45) is 17.3 Å². The van der Waals surface area contributed by atoms with E-state index in [2.05, 4.69) is 6.07 Å². The van der Waals surface area contributed by atoms with Crippen molar-refractivity contribution in [3.8, 4) is 6.07 Å². The molecule has 0 aromatic heterocycles. The number of fused-ring (bicyclic) bond motifs is 4. The highest BCUT2D eigenvalue weighted by atomic mass is 16.5. The van der Waals surface area contributed by atoms with Crippen molar-refractivity contribution >= 4 is 0 Å². The van der Waals surface area contributed by atoms with E-state index < -0.39 is 11.0 Å². The van der Waals surface area contributed by atoms with Crippen LogP contribution in [-0.2, 0) is 4.74 Å². The third-order valence-electron chi connectivity index (χ3n) is 6.00. The van der Waals surface area contributed by atoms with Crippen LogP contribution in [0.4, 0.5) is 0 Å². The van der Waals surface area contributed by atoms with Gasteiger partial charge in [-0.05, 0) is 56.8 Å². The molecule has 4 fully saturated rings. The van der Waals surface area contributed by atoms with Gasteiger partial charge in [-0.15, -0.1) is 0 Å². The highest BCUT2D eigenvalue weighted by molar-refractivity contribution is 5.25. The Balaban J connectivity index is 1.75. The Kier molecular flexibility index (Phi) is 1.85. The van der Waals surface area contributed by atoms with Gasteiger partial charge in [0.2, 0.25) is 0 Å². The molecule has 2 aliphatic carbocycles. The lowest BCUT2D eigenvalue weighted by Crippen LogP contribution is -2.56. The maximum atomic E-state index is 11.2. The molecule has 3 nitrogen and oxygen atoms in total. The number of hydrogen-bond donors (Lipinski definition) is 1. The molecular formula is C14H19NO2. The minimum Gasteiger partial charge on any atom is -0.388 e. The van der Waals surface area contributed by atoms with Crippen LogP contribution in [0.25, 0.3) is 0 Å². The lowest BCUT2D eigenvalue weighted by Gasteiger charge is -2.46. The van der Waals surface area contributed by atoms with E-state index in [1.54, 1.807) is 0 Å². The van der Waals surface area contributed by atoms with Crippen LogP contribution in [0.5, 0.6) is 0 Å². The number of ether oxygens (including phenoxy) is 1. The molecular weight excluding hydrogens is 214 g/mol. The monoisotopic (exact) mass is 233 g/mol. The van der Waals surface area contributed by atoms with Crippen molar-refractivity contribution in [3.05, 3.63) is 0 Å². The number of nitrogens with zero attached hydrogens (tertiary/aromatic N) is 1. The number of hydrogen-bond acceptors (Lipinski definition) is 3. The summed E-state index contributed by atoms with van der Waals surface area (Å²) in [6.45, 7) is 0. The van der Waals surface area contributed by atoms with E-state index in [4.69, 9.17) is 4.74 Å². The van der Waals surface area contributed by atoms with Crippen LogP contribution >= 0.6 is 0 Å². The molecule has 6 unspecified atom stereocenters. The molecule has 0 amide bonds. The molecule has 2 aliphatic heterocycles. The van der Waals surface area contributed by atoms with Crippen LogP contribution in [0, 0.1) is 28.6 Å². The Bertz CT molecular complexity index is 404. The van der Waals surface area contributed by atoms with Gasteiger partial charge >= 0.3 is 0 Å². The van der Waals surface area contributed by atoms with Gasteiger partial charge in [0.1, 0.15) is 5.41 Å². The zero-order valence-corrected chi connectivity index (χ0v) is 10.1. The first-order chi connectivity index (χ1) is 8.18. The van der Waals surface area contributed by atoms with Gasteiger partial charge in [-0.3, -0.25) is 0 Å². The fourth-order valence-electron chi connectivity index (χ4n) is 5.23. The van der Waals surface area contributed by atoms with Gasteiger partial charge in [0, 0.05) is 0 Å². The molecule has 4 aliphatic rings. The summed E-state index contributed by atoms with van der Waals surface area (Å²) in [5.74, 6) is 1.02. The highest BCUT2D eigenvalue weighted by Gasteiger charge is 2.69. The van der Waals surface area contributed by atoms with Gasteiger partial charge in [-0.2, -0.15) is 5.26 Å². The molecule has 92 valence electrons. The third-order valence-corrected chi connectivity index (χ3v) is 6.00. The number of nitriles is 1. The zero-order valence-electron chi connectivity index (χ0n) is 10.1. The molecule has 6 atom stereocenters. The average Bonchev–Trinajstić information content (AvgIpc) is 3.06. The molecule has 0 radical (unpaired) electrons. The summed E-state index contributed by atoms with van der Waals surface area (Å²) in [7, 11) is 0. The maximum absolute atomic E-state index is 11.2. The normalized spacial score (nSPS) is 59.8. The van der Waals surface area contributed by atoms with E-state index in [1.165, 1.54) is 6.42 Å². The van der Waals surface area contributed by atoms with Crippen molar-refractivity contribution in [3.63, 3.8) is 0 Å². The maximum Gasteiger partial charge on any atom is 0.115 e. The molecule has 2 saturated carbocycles. The van der Waals surface area contributed by atoms with E-state index >= 15 is 0 Å². The fraction of sp³-hybridized carbons (Fsp3) is 0.929. The Morgan fingerprint density at radius 2 is 2.06 bits per heavy atom. The van der Waals surface area contributed by atoms with Gasteiger partial charge in [0.25, 0.3) is 0 Å². The number of rotatable bonds is 1. The lowest BCUT2D eigenvalue weighted by atomic mass is 9.59. The summed E-state index contributed by atoms with van der Waals surface area (Å²) in [5.41, 5.74) is -1.33. The average molecular weight is 233 g/mol. The lowest BCUT2D eigenvalue weighted by molar-refractivity contribution is -0.120. The number of aliphatic hydroxyl groups is 1. The van der Waals surface area contributed by atoms with Gasteiger partial charge in [-0.1, -0.05) is 0 Å². The molecule has 0 aromatic carbocycles. The summed E-state index contributed by atoms with van der Waals surface area (Å²) >= 11 is 0. The third kappa shape index (κ3) is 1.05. The summed E-state index contributed by atoms with van der Waals surface area (Å²) < 4.78 is 5.88. The van der Waals surface area contributed by atoms with Crippen molar-refractivity contribution in [2.45, 2.75) is 62.8 Å². The van der Waals surface area contributed by atoms with Crippen molar-refractivity contribution in [2.75, 3.05) is 0 Å². The van der Waals surface area contributed by atoms with E-state index in [1.807, 2.05) is 0 Å². The molecule has 2 saturated heterocycles. The highest BCUT2D eigenvalue weighted by Crippen LogP contribution is 2.64. The van der Waals surface area contributed by atoms with Crippen molar-refractivity contribution in [1.29, 1.82) is 5.26 Å². The first-order valence-electron chi connectivity index (χ1n) is 6.97. The van der Waals surface area contributed by atoms with E-state index in [-0.39, 0.29) is 12.2 Å². The largest absolute Gasteiger partial charge is 0.388 e. The molecule has 3 heteroatoms. The summed E-state index contributed by atoms with van der Waals surface area (Å²) in [4.78, 5) is 0. The van der Waals surface area contributed by atoms with Crippen LogP contribution in [0.1, 0.15) is 44.9 Å². The second-order valence-corrected chi connectivity index (χ2v) is 6.62. The van der Waals surface area contributed by atoms with Crippen LogP contribution in [0.3, 0.4) is 0 Å². The van der Waals surface area contributed by atoms with E-state index in [0.29, 0.717) is 11.8 Å². The Morgan fingerprint density at radius 1 is 1.18 bits per heavy atom. The summed E-state index contributed by atoms with van der Waals surface area (Å²) in [6.07, 6.45) is 7.41. The second-order valence-electron chi connectivity index (χ2n) is 6.62. The summed E-state index contributed by atoms with van der Waals surface area (Å²) in [6, 6.07) is 2.50. The standard InChI is InChI=1S/C14H19NO2/c15-8-13(7-11-3-4-12(13)17-11)14(16)6-9-1-2-10(14)5-9/h9-12,16H,1-7H2. The Hall–Kier alpha value is -0.590. The quantitative estimate of drug-likeness (QED) is 0.753. The van der Waals surface area contributed by atoms with Gasteiger partial charge in [-0.25, -0.2) is 0 Å². The minimum absolute atomic E-state index is 0.00171. The van der Waals surface area contributed by atoms with Crippen LogP contribution in [0.15, 0.2) is 0 Å². The first kappa shape index (κ1) is 10.3. The molecule has 17 heavy (non-hydrogen) atoms. The Labute approximate surface area is 102 Å². The van der Waals surface area contributed by atoms with Crippen molar-refractivity contribution < 1.29 is 9.84 Å². The van der Waals surface area contributed by atoms with E-state index in [0.717, 1.165) is 38.5 Å². The van der Waals surface area contributed by atoms with Gasteiger partial charge in [0.15, 0.2) is 0 Å². The zero-order chi connectivity index (χ0) is 11.7. The topological polar surface area (TPSA) is 53.2 Å². The van der Waals surface area contributed by atoms with Crippen LogP contribution in [0.2, 0.25) is 0 Å². The smallest absolute Gasteiger partial charge is 0.115 e. The minimum atomic E-state index is -0.746. The molecule has 2 heterocycles. The predicted molar refractivity (Wildman–Crippen MR) is 61.0 cm³/mol. The molecule has 1 N–H and O–H groups in total. The molecule has 0 spiro atoms. The molecule has 4 bridgehead atoms. The SMILES string of the molecule is N#CC1(C2(O)CC3CCC2C3)CC2CCC1O2.